The molecule has 2 aromatic rings. The zero-order chi connectivity index (χ0) is 13.3. The van der Waals surface area contributed by atoms with Gasteiger partial charge in [0.1, 0.15) is 0 Å². The van der Waals surface area contributed by atoms with Crippen molar-refractivity contribution >= 4 is 28.5 Å². The number of carboxylic acids is 1. The second-order valence-corrected chi connectivity index (χ2v) is 7.05. The lowest BCUT2D eigenvalue weighted by Gasteiger charge is -2.19. The van der Waals surface area contributed by atoms with Crippen molar-refractivity contribution in [3.8, 4) is 0 Å². The summed E-state index contributed by atoms with van der Waals surface area (Å²) in [6.45, 7) is 6.25. The average Bonchev–Trinajstić information content (AvgIpc) is 2.26. The number of aromatic carboxylic acids is 1. The molecule has 3 heteroatoms. The molecule has 0 unspecified atom stereocenters. The largest absolute Gasteiger partial charge is 0.478 e. The average molecular weight is 260 g/mol. The number of hydrogen-bond acceptors (Lipinski definition) is 2. The van der Waals surface area contributed by atoms with Crippen LogP contribution in [0.1, 0.15) is 31.1 Å². The Morgan fingerprint density at radius 1 is 1.11 bits per heavy atom. The Morgan fingerprint density at radius 3 is 2.39 bits per heavy atom. The maximum Gasteiger partial charge on any atom is 0.337 e. The molecule has 1 N–H and O–H groups in total. The van der Waals surface area contributed by atoms with Gasteiger partial charge in [0, 0.05) is 9.64 Å². The third-order valence-electron chi connectivity index (χ3n) is 2.52. The summed E-state index contributed by atoms with van der Waals surface area (Å²) in [5, 5.41) is 11.2. The van der Waals surface area contributed by atoms with Crippen molar-refractivity contribution in [3.05, 3.63) is 42.0 Å². The lowest BCUT2D eigenvalue weighted by Crippen LogP contribution is -2.09. The minimum Gasteiger partial charge on any atom is -0.478 e. The van der Waals surface area contributed by atoms with E-state index in [0.717, 1.165) is 15.7 Å². The van der Waals surface area contributed by atoms with Crippen LogP contribution in [0.4, 0.5) is 0 Å². The van der Waals surface area contributed by atoms with Gasteiger partial charge in [-0.25, -0.2) is 4.79 Å². The summed E-state index contributed by atoms with van der Waals surface area (Å²) in [5.74, 6) is -0.862. The fourth-order valence-electron chi connectivity index (χ4n) is 1.89. The normalized spacial score (nSPS) is 11.7. The first-order valence-corrected chi connectivity index (χ1v) is 6.64. The van der Waals surface area contributed by atoms with Crippen molar-refractivity contribution in [2.75, 3.05) is 0 Å². The molecular formula is C15H16O2S. The van der Waals surface area contributed by atoms with Gasteiger partial charge in [0.25, 0.3) is 0 Å². The third kappa shape index (κ3) is 2.67. The van der Waals surface area contributed by atoms with E-state index in [4.69, 9.17) is 0 Å². The van der Waals surface area contributed by atoms with Crippen LogP contribution in [0.2, 0.25) is 0 Å². The van der Waals surface area contributed by atoms with Crippen molar-refractivity contribution in [3.63, 3.8) is 0 Å². The summed E-state index contributed by atoms with van der Waals surface area (Å²) in [4.78, 5) is 12.3. The van der Waals surface area contributed by atoms with Gasteiger partial charge in [-0.1, -0.05) is 51.1 Å². The molecule has 2 nitrogen and oxygen atoms in total. The highest BCUT2D eigenvalue weighted by Gasteiger charge is 2.19. The van der Waals surface area contributed by atoms with Gasteiger partial charge in [-0.05, 0) is 16.8 Å². The molecule has 94 valence electrons. The number of thioether (sulfide) groups is 1. The first-order valence-electron chi connectivity index (χ1n) is 5.82. The van der Waals surface area contributed by atoms with Gasteiger partial charge >= 0.3 is 5.97 Å². The standard InChI is InChI=1S/C15H16O2S/c1-15(2,3)18-12-9-8-10-6-4-5-7-11(10)13(12)14(16)17/h4-9H,1-3H3,(H,16,17). The topological polar surface area (TPSA) is 37.3 Å². The monoisotopic (exact) mass is 260 g/mol. The highest BCUT2D eigenvalue weighted by atomic mass is 32.2. The van der Waals surface area contributed by atoms with Crippen LogP contribution in [-0.4, -0.2) is 15.8 Å². The molecule has 0 heterocycles. The smallest absolute Gasteiger partial charge is 0.337 e. The van der Waals surface area contributed by atoms with E-state index in [1.807, 2.05) is 36.4 Å². The van der Waals surface area contributed by atoms with Crippen molar-refractivity contribution in [1.82, 2.24) is 0 Å². The Morgan fingerprint density at radius 2 is 1.78 bits per heavy atom. The third-order valence-corrected chi connectivity index (χ3v) is 3.69. The van der Waals surface area contributed by atoms with E-state index in [1.54, 1.807) is 11.8 Å². The second kappa shape index (κ2) is 4.65. The number of carbonyl (C=O) groups is 1. The minimum atomic E-state index is -0.862. The predicted octanol–water partition coefficient (Wildman–Crippen LogP) is 4.43. The molecule has 2 rings (SSSR count). The SMILES string of the molecule is CC(C)(C)Sc1ccc2ccccc2c1C(=O)O. The van der Waals surface area contributed by atoms with Crippen LogP contribution in [0.3, 0.4) is 0 Å². The molecule has 0 bridgehead atoms. The highest BCUT2D eigenvalue weighted by Crippen LogP contribution is 2.37. The van der Waals surface area contributed by atoms with Crippen LogP contribution in [0.15, 0.2) is 41.3 Å². The molecule has 0 amide bonds. The first kappa shape index (κ1) is 13.0. The molecular weight excluding hydrogens is 244 g/mol. The fraction of sp³-hybridized carbons (Fsp3) is 0.267. The van der Waals surface area contributed by atoms with Crippen molar-refractivity contribution in [1.29, 1.82) is 0 Å². The Bertz CT molecular complexity index is 597. The van der Waals surface area contributed by atoms with Crippen LogP contribution in [0.25, 0.3) is 10.8 Å². The van der Waals surface area contributed by atoms with E-state index < -0.39 is 5.97 Å². The van der Waals surface area contributed by atoms with E-state index in [0.29, 0.717) is 5.56 Å². The highest BCUT2D eigenvalue weighted by molar-refractivity contribution is 8.00. The van der Waals surface area contributed by atoms with Gasteiger partial charge in [-0.2, -0.15) is 0 Å². The van der Waals surface area contributed by atoms with Gasteiger partial charge < -0.3 is 5.11 Å². The van der Waals surface area contributed by atoms with Gasteiger partial charge in [0.05, 0.1) is 5.56 Å². The zero-order valence-corrected chi connectivity index (χ0v) is 11.5. The van der Waals surface area contributed by atoms with E-state index in [-0.39, 0.29) is 4.75 Å². The lowest BCUT2D eigenvalue weighted by atomic mass is 10.0. The summed E-state index contributed by atoms with van der Waals surface area (Å²) in [7, 11) is 0. The lowest BCUT2D eigenvalue weighted by molar-refractivity contribution is 0.0695. The molecule has 0 aliphatic heterocycles. The zero-order valence-electron chi connectivity index (χ0n) is 10.7. The summed E-state index contributed by atoms with van der Waals surface area (Å²) in [6.07, 6.45) is 0. The van der Waals surface area contributed by atoms with Crippen molar-refractivity contribution in [2.45, 2.75) is 30.4 Å². The van der Waals surface area contributed by atoms with Crippen LogP contribution < -0.4 is 0 Å². The maximum absolute atomic E-state index is 11.5. The maximum atomic E-state index is 11.5. The summed E-state index contributed by atoms with van der Waals surface area (Å²) in [5.41, 5.74) is 0.410. The minimum absolute atomic E-state index is 0.00728. The molecule has 0 saturated heterocycles. The molecule has 2 aromatic carbocycles. The molecule has 0 aliphatic carbocycles. The number of hydrogen-bond donors (Lipinski definition) is 1. The van der Waals surface area contributed by atoms with Gasteiger partial charge in [0.15, 0.2) is 0 Å². The van der Waals surface area contributed by atoms with Gasteiger partial charge in [-0.15, -0.1) is 11.8 Å². The Balaban J connectivity index is 2.67. The van der Waals surface area contributed by atoms with Crippen molar-refractivity contribution in [2.24, 2.45) is 0 Å². The van der Waals surface area contributed by atoms with E-state index in [1.165, 1.54) is 0 Å². The Kier molecular flexibility index (Phi) is 3.35. The first-order chi connectivity index (χ1) is 8.38. The van der Waals surface area contributed by atoms with Crippen molar-refractivity contribution < 1.29 is 9.90 Å². The molecule has 0 fully saturated rings. The molecule has 18 heavy (non-hydrogen) atoms. The van der Waals surface area contributed by atoms with Crippen LogP contribution in [0, 0.1) is 0 Å². The van der Waals surface area contributed by atoms with E-state index in [2.05, 4.69) is 20.8 Å². The number of benzene rings is 2. The molecule has 0 aromatic heterocycles. The summed E-state index contributed by atoms with van der Waals surface area (Å²) >= 11 is 1.59. The Hall–Kier alpha value is -1.48. The molecule has 0 atom stereocenters. The molecule has 0 aliphatic rings. The quantitative estimate of drug-likeness (QED) is 0.812. The molecule has 0 radical (unpaired) electrons. The van der Waals surface area contributed by atoms with Crippen LogP contribution >= 0.6 is 11.8 Å². The van der Waals surface area contributed by atoms with Gasteiger partial charge in [0.2, 0.25) is 0 Å². The van der Waals surface area contributed by atoms with E-state index >= 15 is 0 Å². The second-order valence-electron chi connectivity index (χ2n) is 5.18. The number of rotatable bonds is 2. The fourth-order valence-corrected chi connectivity index (χ4v) is 2.98. The molecule has 0 saturated carbocycles. The Labute approximate surface area is 111 Å². The van der Waals surface area contributed by atoms with Crippen LogP contribution in [0.5, 0.6) is 0 Å². The summed E-state index contributed by atoms with van der Waals surface area (Å²) in [6, 6.07) is 11.5. The molecule has 0 spiro atoms. The van der Waals surface area contributed by atoms with Gasteiger partial charge in [-0.3, -0.25) is 0 Å². The van der Waals surface area contributed by atoms with E-state index in [9.17, 15) is 9.90 Å². The number of carboxylic acid groups (broad SMARTS) is 1. The number of fused-ring (bicyclic) bond motifs is 1. The predicted molar refractivity (Wildman–Crippen MR) is 76.5 cm³/mol. The van der Waals surface area contributed by atoms with Crippen LogP contribution in [-0.2, 0) is 0 Å². The summed E-state index contributed by atoms with van der Waals surface area (Å²) < 4.78 is -0.00728.